The van der Waals surface area contributed by atoms with Crippen LogP contribution in [-0.4, -0.2) is 31.0 Å². The molecule has 21 heavy (non-hydrogen) atoms. The van der Waals surface area contributed by atoms with Gasteiger partial charge in [0.15, 0.2) is 0 Å². The van der Waals surface area contributed by atoms with Crippen LogP contribution in [0.15, 0.2) is 48.5 Å². The van der Waals surface area contributed by atoms with E-state index in [1.165, 1.54) is 0 Å². The molecule has 0 aliphatic carbocycles. The smallest absolute Gasteiger partial charge is 0.118 e. The van der Waals surface area contributed by atoms with E-state index < -0.39 is 6.10 Å². The molecular weight excluding hydrogens is 268 g/mol. The van der Waals surface area contributed by atoms with Crippen LogP contribution in [0.5, 0.6) is 11.5 Å². The Hall–Kier alpha value is -2.04. The normalized spacial score (nSPS) is 13.5. The van der Waals surface area contributed by atoms with Gasteiger partial charge in [-0.15, -0.1) is 0 Å². The zero-order valence-corrected chi connectivity index (χ0v) is 12.2. The third kappa shape index (κ3) is 3.54. The zero-order chi connectivity index (χ0) is 15.2. The first kappa shape index (κ1) is 15.4. The fourth-order valence-electron chi connectivity index (χ4n) is 2.27. The van der Waals surface area contributed by atoms with Gasteiger partial charge in [0.05, 0.1) is 26.9 Å². The molecule has 2 unspecified atom stereocenters. The van der Waals surface area contributed by atoms with Gasteiger partial charge >= 0.3 is 0 Å². The van der Waals surface area contributed by atoms with Gasteiger partial charge in [-0.05, 0) is 35.4 Å². The highest BCUT2D eigenvalue weighted by Gasteiger charge is 2.22. The molecule has 0 aromatic heterocycles. The Labute approximate surface area is 124 Å². The second-order valence-electron chi connectivity index (χ2n) is 4.78. The van der Waals surface area contributed by atoms with E-state index in [1.807, 2.05) is 24.3 Å². The van der Waals surface area contributed by atoms with Crippen molar-refractivity contribution in [2.75, 3.05) is 20.8 Å². The number of hydrogen-bond donors (Lipinski definition) is 2. The summed E-state index contributed by atoms with van der Waals surface area (Å²) in [5.74, 6) is 1.09. The Morgan fingerprint density at radius 2 is 1.24 bits per heavy atom. The van der Waals surface area contributed by atoms with E-state index in [0.717, 1.165) is 22.6 Å². The van der Waals surface area contributed by atoms with Gasteiger partial charge < -0.3 is 19.7 Å². The van der Waals surface area contributed by atoms with Crippen LogP contribution < -0.4 is 9.47 Å². The molecule has 2 N–H and O–H groups in total. The average molecular weight is 288 g/mol. The van der Waals surface area contributed by atoms with Gasteiger partial charge in [-0.25, -0.2) is 0 Å². The molecule has 0 radical (unpaired) electrons. The molecule has 0 bridgehead atoms. The largest absolute Gasteiger partial charge is 0.497 e. The molecule has 2 aromatic rings. The van der Waals surface area contributed by atoms with Crippen molar-refractivity contribution in [3.8, 4) is 11.5 Å². The number of aliphatic hydroxyl groups excluding tert-OH is 2. The molecule has 4 nitrogen and oxygen atoms in total. The van der Waals surface area contributed by atoms with Crippen molar-refractivity contribution < 1.29 is 19.7 Å². The summed E-state index contributed by atoms with van der Waals surface area (Å²) < 4.78 is 10.2. The van der Waals surface area contributed by atoms with Crippen molar-refractivity contribution >= 4 is 0 Å². The predicted molar refractivity (Wildman–Crippen MR) is 80.8 cm³/mol. The number of methoxy groups -OCH3 is 2. The van der Waals surface area contributed by atoms with Crippen molar-refractivity contribution in [1.29, 1.82) is 0 Å². The Morgan fingerprint density at radius 3 is 1.62 bits per heavy atom. The fraction of sp³-hybridized carbons (Fsp3) is 0.294. The summed E-state index contributed by atoms with van der Waals surface area (Å²) in [7, 11) is 3.20. The minimum atomic E-state index is -0.783. The number of ether oxygens (including phenoxy) is 2. The van der Waals surface area contributed by atoms with Crippen molar-refractivity contribution in [3.05, 3.63) is 59.7 Å². The average Bonchev–Trinajstić information content (AvgIpc) is 2.56. The van der Waals surface area contributed by atoms with E-state index in [0.29, 0.717) is 0 Å². The van der Waals surface area contributed by atoms with E-state index in [2.05, 4.69) is 0 Å². The van der Waals surface area contributed by atoms with Gasteiger partial charge in [0, 0.05) is 5.92 Å². The molecule has 0 aliphatic rings. The molecule has 0 saturated heterocycles. The van der Waals surface area contributed by atoms with Crippen molar-refractivity contribution in [3.63, 3.8) is 0 Å². The molecule has 2 rings (SSSR count). The molecule has 0 spiro atoms. The fourth-order valence-corrected chi connectivity index (χ4v) is 2.27. The highest BCUT2D eigenvalue weighted by molar-refractivity contribution is 5.34. The lowest BCUT2D eigenvalue weighted by Crippen LogP contribution is -2.14. The van der Waals surface area contributed by atoms with Gasteiger partial charge in [-0.2, -0.15) is 0 Å². The maximum atomic E-state index is 10.5. The van der Waals surface area contributed by atoms with Gasteiger partial charge in [0.1, 0.15) is 11.5 Å². The van der Waals surface area contributed by atoms with Crippen LogP contribution in [0.2, 0.25) is 0 Å². The summed E-state index contributed by atoms with van der Waals surface area (Å²) >= 11 is 0. The first-order valence-electron chi connectivity index (χ1n) is 6.76. The number of benzene rings is 2. The highest BCUT2D eigenvalue weighted by atomic mass is 16.5. The van der Waals surface area contributed by atoms with E-state index in [4.69, 9.17) is 9.47 Å². The van der Waals surface area contributed by atoms with Crippen LogP contribution in [0.25, 0.3) is 0 Å². The third-order valence-electron chi connectivity index (χ3n) is 3.58. The van der Waals surface area contributed by atoms with Crippen LogP contribution in [0, 0.1) is 0 Å². The Bertz CT molecular complexity index is 548. The van der Waals surface area contributed by atoms with Crippen molar-refractivity contribution in [1.82, 2.24) is 0 Å². The van der Waals surface area contributed by atoms with E-state index in [1.54, 1.807) is 38.5 Å². The topological polar surface area (TPSA) is 58.9 Å². The maximum Gasteiger partial charge on any atom is 0.118 e. The number of hydrogen-bond acceptors (Lipinski definition) is 4. The molecule has 112 valence electrons. The first-order chi connectivity index (χ1) is 10.2. The third-order valence-corrected chi connectivity index (χ3v) is 3.58. The SMILES string of the molecule is COc1ccc(C(O)C(CO)c2ccc(OC)cc2)cc1. The maximum absolute atomic E-state index is 10.5. The van der Waals surface area contributed by atoms with E-state index in [9.17, 15) is 10.2 Å². The highest BCUT2D eigenvalue weighted by Crippen LogP contribution is 2.32. The number of rotatable bonds is 6. The molecule has 0 aliphatic heterocycles. The Balaban J connectivity index is 2.21. The van der Waals surface area contributed by atoms with Crippen molar-refractivity contribution in [2.45, 2.75) is 12.0 Å². The lowest BCUT2D eigenvalue weighted by atomic mass is 9.90. The van der Waals surface area contributed by atoms with Crippen LogP contribution in [-0.2, 0) is 0 Å². The molecule has 0 amide bonds. The van der Waals surface area contributed by atoms with Gasteiger partial charge in [0.25, 0.3) is 0 Å². The van der Waals surface area contributed by atoms with Gasteiger partial charge in [0.2, 0.25) is 0 Å². The van der Waals surface area contributed by atoms with Crippen LogP contribution >= 0.6 is 0 Å². The minimum Gasteiger partial charge on any atom is -0.497 e. The summed E-state index contributed by atoms with van der Waals surface area (Å²) in [5, 5.41) is 20.1. The second-order valence-corrected chi connectivity index (χ2v) is 4.78. The molecule has 0 fully saturated rings. The second kappa shape index (κ2) is 7.11. The zero-order valence-electron chi connectivity index (χ0n) is 12.2. The summed E-state index contributed by atoms with van der Waals surface area (Å²) in [4.78, 5) is 0. The monoisotopic (exact) mass is 288 g/mol. The molecule has 0 heterocycles. The first-order valence-corrected chi connectivity index (χ1v) is 6.76. The summed E-state index contributed by atoms with van der Waals surface area (Å²) in [6, 6.07) is 14.5. The molecule has 4 heteroatoms. The predicted octanol–water partition coefficient (Wildman–Crippen LogP) is 2.51. The van der Waals surface area contributed by atoms with Crippen LogP contribution in [0.3, 0.4) is 0 Å². The quantitative estimate of drug-likeness (QED) is 0.857. The standard InChI is InChI=1S/C17H20O4/c1-20-14-7-3-12(4-8-14)16(11-18)17(19)13-5-9-15(21-2)10-6-13/h3-10,16-19H,11H2,1-2H3. The van der Waals surface area contributed by atoms with Crippen molar-refractivity contribution in [2.24, 2.45) is 0 Å². The molecule has 0 saturated carbocycles. The molecule has 2 aromatic carbocycles. The van der Waals surface area contributed by atoms with Gasteiger partial charge in [-0.3, -0.25) is 0 Å². The summed E-state index contributed by atoms with van der Waals surface area (Å²) in [6.45, 7) is -0.139. The van der Waals surface area contributed by atoms with E-state index in [-0.39, 0.29) is 12.5 Å². The number of aliphatic hydroxyl groups is 2. The summed E-state index contributed by atoms with van der Waals surface area (Å²) in [6.07, 6.45) is -0.783. The van der Waals surface area contributed by atoms with Gasteiger partial charge in [-0.1, -0.05) is 24.3 Å². The molecular formula is C17H20O4. The lowest BCUT2D eigenvalue weighted by Gasteiger charge is -2.22. The van der Waals surface area contributed by atoms with Crippen LogP contribution in [0.1, 0.15) is 23.1 Å². The Kier molecular flexibility index (Phi) is 5.20. The van der Waals surface area contributed by atoms with Crippen LogP contribution in [0.4, 0.5) is 0 Å². The van der Waals surface area contributed by atoms with E-state index >= 15 is 0 Å². The lowest BCUT2D eigenvalue weighted by molar-refractivity contribution is 0.107. The summed E-state index contributed by atoms with van der Waals surface area (Å²) in [5.41, 5.74) is 1.60. The minimum absolute atomic E-state index is 0.139. The Morgan fingerprint density at radius 1 is 0.810 bits per heavy atom. The molecule has 2 atom stereocenters.